The first-order chi connectivity index (χ1) is 13.7. The molecule has 2 N–H and O–H groups in total. The standard InChI is InChI=1S/C23H29N3O2/c1-19-8-5-6-11-21(19)23-22(20-9-3-2-4-10-20)24-18-26(23)13-7-12-25(14-16-27)15-17-28/h2-6,8-11,18,27-28H,7,12-17H2,1H3. The first-order valence-corrected chi connectivity index (χ1v) is 9.85. The Balaban J connectivity index is 1.87. The zero-order valence-electron chi connectivity index (χ0n) is 16.5. The van der Waals surface area contributed by atoms with Crippen LogP contribution in [0.4, 0.5) is 0 Å². The van der Waals surface area contributed by atoms with Crippen molar-refractivity contribution in [3.8, 4) is 22.5 Å². The highest BCUT2D eigenvalue weighted by molar-refractivity contribution is 5.80. The van der Waals surface area contributed by atoms with Gasteiger partial charge in [-0.1, -0.05) is 54.6 Å². The zero-order chi connectivity index (χ0) is 19.8. The van der Waals surface area contributed by atoms with Gasteiger partial charge in [0.05, 0.1) is 30.9 Å². The first kappa shape index (κ1) is 20.3. The van der Waals surface area contributed by atoms with E-state index in [-0.39, 0.29) is 13.2 Å². The molecule has 0 amide bonds. The third kappa shape index (κ3) is 4.87. The van der Waals surface area contributed by atoms with E-state index >= 15 is 0 Å². The Morgan fingerprint density at radius 1 is 0.893 bits per heavy atom. The van der Waals surface area contributed by atoms with E-state index in [0.717, 1.165) is 36.5 Å². The lowest BCUT2D eigenvalue weighted by molar-refractivity contribution is 0.158. The largest absolute Gasteiger partial charge is 0.395 e. The van der Waals surface area contributed by atoms with Crippen LogP contribution < -0.4 is 0 Å². The molecule has 1 aromatic heterocycles. The molecule has 0 aliphatic rings. The summed E-state index contributed by atoms with van der Waals surface area (Å²) in [6, 6.07) is 18.7. The lowest BCUT2D eigenvalue weighted by Crippen LogP contribution is -2.31. The van der Waals surface area contributed by atoms with Gasteiger partial charge in [-0.3, -0.25) is 4.90 Å². The Kier molecular flexibility index (Phi) is 7.37. The van der Waals surface area contributed by atoms with E-state index in [1.54, 1.807) is 0 Å². The summed E-state index contributed by atoms with van der Waals surface area (Å²) in [6.07, 6.45) is 2.84. The first-order valence-electron chi connectivity index (χ1n) is 9.85. The molecule has 0 saturated carbocycles. The highest BCUT2D eigenvalue weighted by atomic mass is 16.3. The molecule has 28 heavy (non-hydrogen) atoms. The summed E-state index contributed by atoms with van der Waals surface area (Å²) in [7, 11) is 0. The molecular weight excluding hydrogens is 350 g/mol. The molecule has 2 aromatic carbocycles. The van der Waals surface area contributed by atoms with Gasteiger partial charge in [0, 0.05) is 37.3 Å². The normalized spacial score (nSPS) is 11.3. The van der Waals surface area contributed by atoms with Crippen LogP contribution in [0.15, 0.2) is 60.9 Å². The molecule has 3 aromatic rings. The number of aromatic nitrogens is 2. The van der Waals surface area contributed by atoms with Crippen molar-refractivity contribution >= 4 is 0 Å². The van der Waals surface area contributed by atoms with E-state index in [4.69, 9.17) is 4.98 Å². The molecular formula is C23H29N3O2. The zero-order valence-corrected chi connectivity index (χ0v) is 16.5. The molecule has 0 bridgehead atoms. The quantitative estimate of drug-likeness (QED) is 0.568. The lowest BCUT2D eigenvalue weighted by Gasteiger charge is -2.20. The van der Waals surface area contributed by atoms with Crippen LogP contribution in [0.3, 0.4) is 0 Å². The average molecular weight is 380 g/mol. The van der Waals surface area contributed by atoms with Crippen molar-refractivity contribution in [2.45, 2.75) is 19.9 Å². The summed E-state index contributed by atoms with van der Waals surface area (Å²) in [6.45, 7) is 5.18. The maximum Gasteiger partial charge on any atom is 0.0963 e. The van der Waals surface area contributed by atoms with E-state index in [1.165, 1.54) is 11.1 Å². The molecule has 5 nitrogen and oxygen atoms in total. The van der Waals surface area contributed by atoms with Crippen LogP contribution >= 0.6 is 0 Å². The van der Waals surface area contributed by atoms with Gasteiger partial charge >= 0.3 is 0 Å². The summed E-state index contributed by atoms with van der Waals surface area (Å²) >= 11 is 0. The number of hydrogen-bond donors (Lipinski definition) is 2. The Bertz CT molecular complexity index is 855. The molecule has 148 valence electrons. The molecule has 0 unspecified atom stereocenters. The number of aliphatic hydroxyl groups excluding tert-OH is 2. The van der Waals surface area contributed by atoms with Crippen LogP contribution in [-0.4, -0.2) is 57.5 Å². The fraction of sp³-hybridized carbons (Fsp3) is 0.348. The second-order valence-electron chi connectivity index (χ2n) is 6.96. The Labute approximate surface area is 166 Å². The molecule has 0 radical (unpaired) electrons. The van der Waals surface area contributed by atoms with E-state index in [0.29, 0.717) is 13.1 Å². The van der Waals surface area contributed by atoms with Gasteiger partial charge in [0.2, 0.25) is 0 Å². The highest BCUT2D eigenvalue weighted by Gasteiger charge is 2.16. The SMILES string of the molecule is Cc1ccccc1-c1c(-c2ccccc2)ncn1CCCN(CCO)CCO. The third-order valence-electron chi connectivity index (χ3n) is 4.99. The van der Waals surface area contributed by atoms with E-state index < -0.39 is 0 Å². The number of hydrogen-bond acceptors (Lipinski definition) is 4. The molecule has 1 heterocycles. The predicted molar refractivity (Wildman–Crippen MR) is 113 cm³/mol. The number of aryl methyl sites for hydroxylation is 2. The minimum absolute atomic E-state index is 0.109. The van der Waals surface area contributed by atoms with Gasteiger partial charge in [0.15, 0.2) is 0 Å². The summed E-state index contributed by atoms with van der Waals surface area (Å²) < 4.78 is 2.22. The molecule has 0 atom stereocenters. The van der Waals surface area contributed by atoms with Crippen LogP contribution in [-0.2, 0) is 6.54 Å². The van der Waals surface area contributed by atoms with Gasteiger partial charge in [-0.25, -0.2) is 4.98 Å². The van der Waals surface area contributed by atoms with Gasteiger partial charge in [-0.05, 0) is 18.9 Å². The maximum atomic E-state index is 9.19. The number of benzene rings is 2. The van der Waals surface area contributed by atoms with Crippen LogP contribution in [0.1, 0.15) is 12.0 Å². The van der Waals surface area contributed by atoms with E-state index in [9.17, 15) is 10.2 Å². The smallest absolute Gasteiger partial charge is 0.0963 e. The van der Waals surface area contributed by atoms with Crippen molar-refractivity contribution in [3.63, 3.8) is 0 Å². The van der Waals surface area contributed by atoms with Crippen molar-refractivity contribution in [2.75, 3.05) is 32.8 Å². The summed E-state index contributed by atoms with van der Waals surface area (Å²) in [5, 5.41) is 18.4. The highest BCUT2D eigenvalue weighted by Crippen LogP contribution is 2.33. The topological polar surface area (TPSA) is 61.5 Å². The number of rotatable bonds is 10. The number of nitrogens with zero attached hydrogens (tertiary/aromatic N) is 3. The monoisotopic (exact) mass is 379 g/mol. The van der Waals surface area contributed by atoms with E-state index in [1.807, 2.05) is 24.5 Å². The molecule has 0 aliphatic heterocycles. The average Bonchev–Trinajstić information content (AvgIpc) is 3.13. The second kappa shape index (κ2) is 10.2. The maximum absolute atomic E-state index is 9.19. The number of aliphatic hydroxyl groups is 2. The van der Waals surface area contributed by atoms with Crippen LogP contribution in [0.5, 0.6) is 0 Å². The third-order valence-corrected chi connectivity index (χ3v) is 4.99. The fourth-order valence-corrected chi connectivity index (χ4v) is 3.56. The summed E-state index contributed by atoms with van der Waals surface area (Å²) in [4.78, 5) is 6.83. The Morgan fingerprint density at radius 3 is 2.25 bits per heavy atom. The van der Waals surface area contributed by atoms with Crippen LogP contribution in [0.2, 0.25) is 0 Å². The van der Waals surface area contributed by atoms with Gasteiger partial charge in [0.1, 0.15) is 0 Å². The van der Waals surface area contributed by atoms with Crippen LogP contribution in [0, 0.1) is 6.92 Å². The molecule has 0 saturated heterocycles. The molecule has 5 heteroatoms. The van der Waals surface area contributed by atoms with Crippen molar-refractivity contribution < 1.29 is 10.2 Å². The minimum atomic E-state index is 0.109. The second-order valence-corrected chi connectivity index (χ2v) is 6.96. The summed E-state index contributed by atoms with van der Waals surface area (Å²) in [5.74, 6) is 0. The Morgan fingerprint density at radius 2 is 1.57 bits per heavy atom. The van der Waals surface area contributed by atoms with Gasteiger partial charge in [-0.15, -0.1) is 0 Å². The van der Waals surface area contributed by atoms with Crippen molar-refractivity contribution in [2.24, 2.45) is 0 Å². The summed E-state index contributed by atoms with van der Waals surface area (Å²) in [5.41, 5.74) is 5.67. The van der Waals surface area contributed by atoms with Gasteiger partial charge in [0.25, 0.3) is 0 Å². The predicted octanol–water partition coefficient (Wildman–Crippen LogP) is 3.20. The van der Waals surface area contributed by atoms with Gasteiger partial charge < -0.3 is 14.8 Å². The molecule has 3 rings (SSSR count). The molecule has 0 fully saturated rings. The number of imidazole rings is 1. The van der Waals surface area contributed by atoms with Crippen LogP contribution in [0.25, 0.3) is 22.5 Å². The van der Waals surface area contributed by atoms with Crippen molar-refractivity contribution in [1.29, 1.82) is 0 Å². The fourth-order valence-electron chi connectivity index (χ4n) is 3.56. The van der Waals surface area contributed by atoms with Gasteiger partial charge in [-0.2, -0.15) is 0 Å². The van der Waals surface area contributed by atoms with E-state index in [2.05, 4.69) is 52.8 Å². The minimum Gasteiger partial charge on any atom is -0.395 e. The molecule has 0 aliphatic carbocycles. The van der Waals surface area contributed by atoms with Crippen molar-refractivity contribution in [3.05, 3.63) is 66.5 Å². The van der Waals surface area contributed by atoms with Crippen molar-refractivity contribution in [1.82, 2.24) is 14.5 Å². The lowest BCUT2D eigenvalue weighted by atomic mass is 10.0. The molecule has 0 spiro atoms. The Hall–Kier alpha value is -2.47.